The molecule has 0 aliphatic carbocycles. The fourth-order valence-corrected chi connectivity index (χ4v) is 5.79. The van der Waals surface area contributed by atoms with Crippen molar-refractivity contribution in [3.8, 4) is 5.75 Å². The topological polar surface area (TPSA) is 65.0 Å². The minimum atomic E-state index is -0.212. The number of carbonyl (C=O) groups excluding carboxylic acids is 1. The number of carbonyl (C=O) groups is 1. The van der Waals surface area contributed by atoms with E-state index in [-0.39, 0.29) is 17.5 Å². The van der Waals surface area contributed by atoms with Gasteiger partial charge in [0, 0.05) is 58.4 Å². The Bertz CT molecular complexity index is 1270. The molecule has 3 heterocycles. The number of hydrogen-bond donors (Lipinski definition) is 0. The van der Waals surface area contributed by atoms with Crippen LogP contribution in [0.1, 0.15) is 0 Å². The summed E-state index contributed by atoms with van der Waals surface area (Å²) in [5, 5.41) is 0.817. The highest BCUT2D eigenvalue weighted by Gasteiger charge is 2.24. The summed E-state index contributed by atoms with van der Waals surface area (Å²) in [6.45, 7) is 5.48. The van der Waals surface area contributed by atoms with Gasteiger partial charge < -0.3 is 24.3 Å². The van der Waals surface area contributed by atoms with Crippen LogP contribution in [-0.4, -0.2) is 86.0 Å². The van der Waals surface area contributed by atoms with E-state index in [4.69, 9.17) is 16.3 Å². The zero-order valence-corrected chi connectivity index (χ0v) is 22.8. The Morgan fingerprint density at radius 3 is 2.21 bits per heavy atom. The lowest BCUT2D eigenvalue weighted by atomic mass is 10.2. The number of thioether (sulfide) groups is 1. The summed E-state index contributed by atoms with van der Waals surface area (Å²) in [6, 6.07) is 16.5. The third-order valence-electron chi connectivity index (χ3n) is 6.84. The molecule has 1 aromatic heterocycles. The number of halogens is 2. The number of anilines is 3. The quantitative estimate of drug-likeness (QED) is 0.245. The first-order chi connectivity index (χ1) is 18.5. The maximum atomic E-state index is 14.2. The van der Waals surface area contributed by atoms with Crippen molar-refractivity contribution < 1.29 is 13.9 Å². The van der Waals surface area contributed by atoms with Crippen molar-refractivity contribution in [2.45, 2.75) is 5.16 Å². The van der Waals surface area contributed by atoms with E-state index in [2.05, 4.69) is 19.8 Å². The van der Waals surface area contributed by atoms with Crippen molar-refractivity contribution in [1.82, 2.24) is 14.9 Å². The van der Waals surface area contributed by atoms with Crippen molar-refractivity contribution in [3.63, 3.8) is 0 Å². The maximum absolute atomic E-state index is 14.2. The first-order valence-electron chi connectivity index (χ1n) is 12.6. The molecule has 2 saturated heterocycles. The zero-order valence-electron chi connectivity index (χ0n) is 21.2. The fraction of sp³-hybridized carbons (Fsp3) is 0.370. The van der Waals surface area contributed by atoms with E-state index in [1.54, 1.807) is 25.3 Å². The second kappa shape index (κ2) is 12.1. The van der Waals surface area contributed by atoms with Crippen LogP contribution in [0.3, 0.4) is 0 Å². The van der Waals surface area contributed by atoms with Crippen LogP contribution in [-0.2, 0) is 4.79 Å². The van der Waals surface area contributed by atoms with Gasteiger partial charge in [-0.05, 0) is 24.3 Å². The molecule has 200 valence electrons. The predicted octanol–water partition coefficient (Wildman–Crippen LogP) is 4.05. The van der Waals surface area contributed by atoms with E-state index in [0.29, 0.717) is 55.3 Å². The van der Waals surface area contributed by atoms with Crippen LogP contribution >= 0.6 is 23.4 Å². The van der Waals surface area contributed by atoms with Crippen LogP contribution in [0, 0.1) is 5.82 Å². The van der Waals surface area contributed by atoms with E-state index >= 15 is 0 Å². The molecule has 0 spiro atoms. The van der Waals surface area contributed by atoms with Crippen LogP contribution in [0.2, 0.25) is 5.15 Å². The number of hydrogen-bond acceptors (Lipinski definition) is 8. The first-order valence-corrected chi connectivity index (χ1v) is 14.0. The van der Waals surface area contributed by atoms with Gasteiger partial charge in [-0.1, -0.05) is 47.6 Å². The summed E-state index contributed by atoms with van der Waals surface area (Å²) in [7, 11) is 1.67. The molecular formula is C27H30ClFN6O2S. The lowest BCUT2D eigenvalue weighted by Gasteiger charge is -2.37. The van der Waals surface area contributed by atoms with E-state index in [1.807, 2.05) is 40.1 Å². The van der Waals surface area contributed by atoms with E-state index < -0.39 is 0 Å². The summed E-state index contributed by atoms with van der Waals surface area (Å²) in [5.74, 6) is 1.65. The third kappa shape index (κ3) is 6.07. The lowest BCUT2D eigenvalue weighted by molar-refractivity contribution is -0.128. The van der Waals surface area contributed by atoms with Gasteiger partial charge in [-0.3, -0.25) is 4.79 Å². The summed E-state index contributed by atoms with van der Waals surface area (Å²) in [4.78, 5) is 30.2. The molecule has 5 rings (SSSR count). The smallest absolute Gasteiger partial charge is 0.233 e. The number of nitrogens with zero attached hydrogens (tertiary/aromatic N) is 6. The Balaban J connectivity index is 1.14. The van der Waals surface area contributed by atoms with Crippen molar-refractivity contribution in [3.05, 3.63) is 65.6 Å². The highest BCUT2D eigenvalue weighted by molar-refractivity contribution is 7.99. The number of benzene rings is 2. The Labute approximate surface area is 231 Å². The summed E-state index contributed by atoms with van der Waals surface area (Å²) < 4.78 is 19.7. The minimum Gasteiger partial charge on any atom is -0.495 e. The third-order valence-corrected chi connectivity index (χ3v) is 7.87. The standard InChI is InChI=1S/C27H30ClFN6O2S/c1-37-23-9-5-4-8-22(23)33-12-16-35(17-13-33)26(36)19-38-27-30-24(28)18-25(31-27)34-14-10-32(11-15-34)21-7-3-2-6-20(21)29/h2-9,18H,10-17,19H2,1H3. The summed E-state index contributed by atoms with van der Waals surface area (Å²) in [6.07, 6.45) is 0. The van der Waals surface area contributed by atoms with Crippen LogP contribution in [0.5, 0.6) is 5.75 Å². The molecule has 2 aliphatic heterocycles. The maximum Gasteiger partial charge on any atom is 0.233 e. The number of amides is 1. The fourth-order valence-electron chi connectivity index (χ4n) is 4.80. The molecule has 38 heavy (non-hydrogen) atoms. The summed E-state index contributed by atoms with van der Waals surface area (Å²) >= 11 is 7.61. The number of para-hydroxylation sites is 3. The number of methoxy groups -OCH3 is 1. The van der Waals surface area contributed by atoms with Gasteiger partial charge in [0.05, 0.1) is 24.2 Å². The average Bonchev–Trinajstić information content (AvgIpc) is 2.96. The van der Waals surface area contributed by atoms with Crippen molar-refractivity contribution >= 4 is 46.5 Å². The molecule has 8 nitrogen and oxygen atoms in total. The average molecular weight is 557 g/mol. The lowest BCUT2D eigenvalue weighted by Crippen LogP contribution is -2.49. The molecule has 1 amide bonds. The van der Waals surface area contributed by atoms with Gasteiger partial charge in [-0.2, -0.15) is 0 Å². The second-order valence-electron chi connectivity index (χ2n) is 9.09. The highest BCUT2D eigenvalue weighted by atomic mass is 35.5. The van der Waals surface area contributed by atoms with Gasteiger partial charge in [-0.25, -0.2) is 14.4 Å². The van der Waals surface area contributed by atoms with E-state index in [1.165, 1.54) is 17.8 Å². The van der Waals surface area contributed by atoms with Gasteiger partial charge >= 0.3 is 0 Å². The molecular weight excluding hydrogens is 527 g/mol. The zero-order chi connectivity index (χ0) is 26.5. The minimum absolute atomic E-state index is 0.0540. The van der Waals surface area contributed by atoms with Gasteiger partial charge in [-0.15, -0.1) is 0 Å². The molecule has 0 atom stereocenters. The first kappa shape index (κ1) is 26.4. The number of aromatic nitrogens is 2. The molecule has 11 heteroatoms. The molecule has 2 fully saturated rings. The Morgan fingerprint density at radius 1 is 0.895 bits per heavy atom. The molecule has 0 radical (unpaired) electrons. The normalized spacial score (nSPS) is 16.1. The van der Waals surface area contributed by atoms with Gasteiger partial charge in [0.25, 0.3) is 0 Å². The van der Waals surface area contributed by atoms with Crippen LogP contribution in [0.15, 0.2) is 59.8 Å². The van der Waals surface area contributed by atoms with Gasteiger partial charge in [0.2, 0.25) is 5.91 Å². The molecule has 0 N–H and O–H groups in total. The van der Waals surface area contributed by atoms with Crippen molar-refractivity contribution in [1.29, 1.82) is 0 Å². The molecule has 0 saturated carbocycles. The van der Waals surface area contributed by atoms with Crippen LogP contribution < -0.4 is 19.4 Å². The van der Waals surface area contributed by atoms with Gasteiger partial charge in [0.15, 0.2) is 5.16 Å². The SMILES string of the molecule is COc1ccccc1N1CCN(C(=O)CSc2nc(Cl)cc(N3CCN(c4ccccc4F)CC3)n2)CC1. The molecule has 0 unspecified atom stereocenters. The Hall–Kier alpha value is -3.24. The Morgan fingerprint density at radius 2 is 1.50 bits per heavy atom. The van der Waals surface area contributed by atoms with E-state index in [9.17, 15) is 9.18 Å². The number of rotatable bonds is 7. The number of ether oxygens (including phenoxy) is 1. The predicted molar refractivity (Wildman–Crippen MR) is 150 cm³/mol. The van der Waals surface area contributed by atoms with E-state index in [0.717, 1.165) is 30.3 Å². The monoisotopic (exact) mass is 556 g/mol. The van der Waals surface area contributed by atoms with Gasteiger partial charge in [0.1, 0.15) is 22.5 Å². The van der Waals surface area contributed by atoms with Crippen LogP contribution in [0.4, 0.5) is 21.6 Å². The molecule has 3 aromatic rings. The second-order valence-corrected chi connectivity index (χ2v) is 10.4. The highest BCUT2D eigenvalue weighted by Crippen LogP contribution is 2.29. The Kier molecular flexibility index (Phi) is 8.38. The summed E-state index contributed by atoms with van der Waals surface area (Å²) in [5.41, 5.74) is 1.66. The molecule has 0 bridgehead atoms. The molecule has 2 aliphatic rings. The number of piperazine rings is 2. The van der Waals surface area contributed by atoms with Crippen molar-refractivity contribution in [2.24, 2.45) is 0 Å². The van der Waals surface area contributed by atoms with Crippen molar-refractivity contribution in [2.75, 3.05) is 79.9 Å². The molecule has 2 aromatic carbocycles. The largest absolute Gasteiger partial charge is 0.495 e. The van der Waals surface area contributed by atoms with Crippen LogP contribution in [0.25, 0.3) is 0 Å².